The van der Waals surface area contributed by atoms with E-state index < -0.39 is 0 Å². The summed E-state index contributed by atoms with van der Waals surface area (Å²) in [6.07, 6.45) is 3.61. The highest BCUT2D eigenvalue weighted by Gasteiger charge is 2.12. The number of aromatic nitrogens is 4. The van der Waals surface area contributed by atoms with Gasteiger partial charge in [-0.1, -0.05) is 17.3 Å². The van der Waals surface area contributed by atoms with Gasteiger partial charge in [0.15, 0.2) is 11.6 Å². The van der Waals surface area contributed by atoms with Gasteiger partial charge >= 0.3 is 0 Å². The molecule has 4 rings (SSSR count). The highest BCUT2D eigenvalue weighted by atomic mass is 16.5. The van der Waals surface area contributed by atoms with Crippen LogP contribution in [0.3, 0.4) is 0 Å². The normalized spacial score (nSPS) is 11.0. The molecule has 8 nitrogen and oxygen atoms in total. The number of imidazole rings is 1. The van der Waals surface area contributed by atoms with Crippen molar-refractivity contribution in [3.05, 3.63) is 54.8 Å². The number of benzene rings is 1. The van der Waals surface area contributed by atoms with Crippen LogP contribution in [0.2, 0.25) is 0 Å². The molecule has 0 atom stereocenters. The third-order valence-corrected chi connectivity index (χ3v) is 3.75. The summed E-state index contributed by atoms with van der Waals surface area (Å²) >= 11 is 0. The van der Waals surface area contributed by atoms with Crippen LogP contribution >= 0.6 is 0 Å². The lowest BCUT2D eigenvalue weighted by atomic mass is 10.3. The van der Waals surface area contributed by atoms with Gasteiger partial charge < -0.3 is 18.8 Å². The standard InChI is InChI=1S/C17H15N5O3/c23-16(7-8-22-11-19-12-4-1-2-5-13(12)22)18-10-15-20-17(25-21-15)14-6-3-9-24-14/h1-6,9,11H,7-8,10H2,(H,18,23). The zero-order valence-electron chi connectivity index (χ0n) is 13.3. The van der Waals surface area contributed by atoms with E-state index in [4.69, 9.17) is 8.94 Å². The summed E-state index contributed by atoms with van der Waals surface area (Å²) in [5.41, 5.74) is 1.93. The van der Waals surface area contributed by atoms with Crippen molar-refractivity contribution in [1.82, 2.24) is 25.0 Å². The quantitative estimate of drug-likeness (QED) is 0.580. The van der Waals surface area contributed by atoms with Crippen LogP contribution in [0, 0.1) is 0 Å². The fraction of sp³-hybridized carbons (Fsp3) is 0.176. The Bertz CT molecular complexity index is 987. The molecule has 0 aliphatic heterocycles. The molecule has 1 amide bonds. The van der Waals surface area contributed by atoms with Crippen molar-refractivity contribution in [2.75, 3.05) is 0 Å². The molecule has 8 heteroatoms. The summed E-state index contributed by atoms with van der Waals surface area (Å²) in [7, 11) is 0. The van der Waals surface area contributed by atoms with Crippen molar-refractivity contribution >= 4 is 16.9 Å². The molecule has 0 spiro atoms. The molecular formula is C17H15N5O3. The molecule has 0 fully saturated rings. The molecule has 0 bridgehead atoms. The minimum atomic E-state index is -0.0953. The van der Waals surface area contributed by atoms with Gasteiger partial charge in [0, 0.05) is 13.0 Å². The SMILES string of the molecule is O=C(CCn1cnc2ccccc21)NCc1noc(-c2ccco2)n1. The predicted molar refractivity (Wildman–Crippen MR) is 88.2 cm³/mol. The number of nitrogens with zero attached hydrogens (tertiary/aromatic N) is 4. The molecule has 0 aliphatic rings. The minimum Gasteiger partial charge on any atom is -0.459 e. The van der Waals surface area contributed by atoms with Crippen LogP contribution in [0.15, 0.2) is 57.9 Å². The van der Waals surface area contributed by atoms with Gasteiger partial charge in [-0.05, 0) is 24.3 Å². The van der Waals surface area contributed by atoms with Gasteiger partial charge in [0.2, 0.25) is 5.91 Å². The second-order valence-electron chi connectivity index (χ2n) is 5.45. The van der Waals surface area contributed by atoms with Crippen molar-refractivity contribution in [3.8, 4) is 11.7 Å². The van der Waals surface area contributed by atoms with E-state index in [1.54, 1.807) is 18.5 Å². The zero-order chi connectivity index (χ0) is 17.1. The lowest BCUT2D eigenvalue weighted by Gasteiger charge is -2.04. The third kappa shape index (κ3) is 3.27. The lowest BCUT2D eigenvalue weighted by molar-refractivity contribution is -0.121. The maximum absolute atomic E-state index is 12.0. The number of hydrogen-bond donors (Lipinski definition) is 1. The van der Waals surface area contributed by atoms with Crippen LogP contribution in [0.4, 0.5) is 0 Å². The van der Waals surface area contributed by atoms with Gasteiger partial charge in [-0.3, -0.25) is 4.79 Å². The van der Waals surface area contributed by atoms with E-state index in [9.17, 15) is 4.79 Å². The molecule has 3 aromatic heterocycles. The van der Waals surface area contributed by atoms with E-state index in [0.29, 0.717) is 30.4 Å². The lowest BCUT2D eigenvalue weighted by Crippen LogP contribution is -2.24. The van der Waals surface area contributed by atoms with Crippen molar-refractivity contribution in [3.63, 3.8) is 0 Å². The average Bonchev–Trinajstić information content (AvgIpc) is 3.38. The monoisotopic (exact) mass is 337 g/mol. The topological polar surface area (TPSA) is 99.0 Å². The second-order valence-corrected chi connectivity index (χ2v) is 5.45. The van der Waals surface area contributed by atoms with E-state index in [1.165, 1.54) is 6.26 Å². The molecule has 0 unspecified atom stereocenters. The van der Waals surface area contributed by atoms with Crippen LogP contribution in [-0.4, -0.2) is 25.6 Å². The maximum atomic E-state index is 12.0. The third-order valence-electron chi connectivity index (χ3n) is 3.75. The molecule has 25 heavy (non-hydrogen) atoms. The largest absolute Gasteiger partial charge is 0.459 e. The molecule has 1 N–H and O–H groups in total. The van der Waals surface area contributed by atoms with Crippen LogP contribution in [0.25, 0.3) is 22.7 Å². The number of furan rings is 1. The van der Waals surface area contributed by atoms with Crippen LogP contribution in [0.1, 0.15) is 12.2 Å². The minimum absolute atomic E-state index is 0.0953. The van der Waals surface area contributed by atoms with Crippen molar-refractivity contribution in [2.24, 2.45) is 0 Å². The van der Waals surface area contributed by atoms with Gasteiger partial charge in [0.1, 0.15) is 0 Å². The van der Waals surface area contributed by atoms with E-state index in [2.05, 4.69) is 20.4 Å². The molecule has 0 radical (unpaired) electrons. The molecule has 0 saturated carbocycles. The first kappa shape index (κ1) is 15.1. The molecule has 1 aromatic carbocycles. The number of fused-ring (bicyclic) bond motifs is 1. The Morgan fingerprint density at radius 2 is 2.12 bits per heavy atom. The number of carbonyl (C=O) groups is 1. The molecular weight excluding hydrogens is 322 g/mol. The first-order valence-electron chi connectivity index (χ1n) is 7.82. The molecule has 126 valence electrons. The number of hydrogen-bond acceptors (Lipinski definition) is 6. The molecule has 0 aliphatic carbocycles. The van der Waals surface area contributed by atoms with Gasteiger partial charge in [-0.2, -0.15) is 4.98 Å². The summed E-state index contributed by atoms with van der Waals surface area (Å²) in [5.74, 6) is 1.09. The van der Waals surface area contributed by atoms with Crippen molar-refractivity contribution in [1.29, 1.82) is 0 Å². The Labute approximate surface area is 142 Å². The Morgan fingerprint density at radius 3 is 3.00 bits per heavy atom. The van der Waals surface area contributed by atoms with Gasteiger partial charge in [-0.15, -0.1) is 0 Å². The fourth-order valence-corrected chi connectivity index (χ4v) is 2.50. The second kappa shape index (κ2) is 6.60. The number of para-hydroxylation sites is 2. The summed E-state index contributed by atoms with van der Waals surface area (Å²) < 4.78 is 12.2. The molecule has 4 aromatic rings. The zero-order valence-corrected chi connectivity index (χ0v) is 13.3. The summed E-state index contributed by atoms with van der Waals surface area (Å²) in [5, 5.41) is 6.60. The van der Waals surface area contributed by atoms with E-state index in [1.807, 2.05) is 28.8 Å². The predicted octanol–water partition coefficient (Wildman–Crippen LogP) is 2.39. The highest BCUT2D eigenvalue weighted by Crippen LogP contribution is 2.17. The fourth-order valence-electron chi connectivity index (χ4n) is 2.50. The van der Waals surface area contributed by atoms with Crippen LogP contribution in [0.5, 0.6) is 0 Å². The number of rotatable bonds is 6. The number of carbonyl (C=O) groups excluding carboxylic acids is 1. The number of amides is 1. The average molecular weight is 337 g/mol. The number of aryl methyl sites for hydroxylation is 1. The van der Waals surface area contributed by atoms with Crippen molar-refractivity contribution in [2.45, 2.75) is 19.5 Å². The van der Waals surface area contributed by atoms with E-state index in [-0.39, 0.29) is 12.5 Å². The van der Waals surface area contributed by atoms with Crippen LogP contribution < -0.4 is 5.32 Å². The molecule has 3 heterocycles. The van der Waals surface area contributed by atoms with Gasteiger partial charge in [-0.25, -0.2) is 4.98 Å². The molecule has 0 saturated heterocycles. The van der Waals surface area contributed by atoms with Crippen molar-refractivity contribution < 1.29 is 13.7 Å². The van der Waals surface area contributed by atoms with E-state index >= 15 is 0 Å². The summed E-state index contributed by atoms with van der Waals surface area (Å²) in [6, 6.07) is 11.3. The summed E-state index contributed by atoms with van der Waals surface area (Å²) in [6.45, 7) is 0.754. The van der Waals surface area contributed by atoms with Gasteiger partial charge in [0.25, 0.3) is 5.89 Å². The first-order valence-corrected chi connectivity index (χ1v) is 7.82. The highest BCUT2D eigenvalue weighted by molar-refractivity contribution is 5.77. The van der Waals surface area contributed by atoms with E-state index in [0.717, 1.165) is 11.0 Å². The Kier molecular flexibility index (Phi) is 3.99. The Hall–Kier alpha value is -3.42. The maximum Gasteiger partial charge on any atom is 0.293 e. The first-order chi connectivity index (χ1) is 12.3. The smallest absolute Gasteiger partial charge is 0.293 e. The summed E-state index contributed by atoms with van der Waals surface area (Å²) in [4.78, 5) is 20.5. The number of nitrogens with one attached hydrogen (secondary N) is 1. The Balaban J connectivity index is 1.31. The van der Waals surface area contributed by atoms with Crippen LogP contribution in [-0.2, 0) is 17.9 Å². The Morgan fingerprint density at radius 1 is 1.20 bits per heavy atom. The van der Waals surface area contributed by atoms with Gasteiger partial charge in [0.05, 0.1) is 30.2 Å².